The summed E-state index contributed by atoms with van der Waals surface area (Å²) in [6.45, 7) is 3.09. The number of carbonyl (C=O) groups excluding carboxylic acids is 1. The van der Waals surface area contributed by atoms with E-state index in [1.807, 2.05) is 24.3 Å². The van der Waals surface area contributed by atoms with Crippen molar-refractivity contribution in [3.8, 4) is 5.69 Å². The van der Waals surface area contributed by atoms with E-state index in [1.165, 1.54) is 10.7 Å². The Balaban J connectivity index is 1.36. The second kappa shape index (κ2) is 9.05. The van der Waals surface area contributed by atoms with E-state index in [2.05, 4.69) is 10.00 Å². The summed E-state index contributed by atoms with van der Waals surface area (Å²) in [5.41, 5.74) is 0.633. The lowest BCUT2D eigenvalue weighted by Crippen LogP contribution is -2.48. The number of rotatable bonds is 4. The Morgan fingerprint density at radius 1 is 1.00 bits per heavy atom. The molecule has 5 rings (SSSR count). The number of piperazine rings is 1. The summed E-state index contributed by atoms with van der Waals surface area (Å²) >= 11 is 7.11. The number of para-hydroxylation sites is 1. The number of nitrogens with zero attached hydrogens (tertiary/aromatic N) is 4. The van der Waals surface area contributed by atoms with Gasteiger partial charge < -0.3 is 4.90 Å². The molecule has 10 heteroatoms. The fourth-order valence-electron chi connectivity index (χ4n) is 4.13. The van der Waals surface area contributed by atoms with Crippen LogP contribution in [0.25, 0.3) is 15.9 Å². The van der Waals surface area contributed by atoms with Gasteiger partial charge in [0.15, 0.2) is 5.69 Å². The van der Waals surface area contributed by atoms with Crippen LogP contribution in [0.5, 0.6) is 0 Å². The predicted octanol–water partition coefficient (Wildman–Crippen LogP) is 5.72. The minimum Gasteiger partial charge on any atom is -0.335 e. The van der Waals surface area contributed by atoms with E-state index in [-0.39, 0.29) is 16.2 Å². The van der Waals surface area contributed by atoms with Gasteiger partial charge >= 0.3 is 6.18 Å². The smallest absolute Gasteiger partial charge is 0.335 e. The maximum absolute atomic E-state index is 13.7. The molecule has 34 heavy (non-hydrogen) atoms. The van der Waals surface area contributed by atoms with Crippen LogP contribution < -0.4 is 0 Å². The molecule has 0 spiro atoms. The van der Waals surface area contributed by atoms with Gasteiger partial charge in [0.05, 0.1) is 10.6 Å². The van der Waals surface area contributed by atoms with Crippen LogP contribution in [0, 0.1) is 0 Å². The number of aromatic nitrogens is 2. The molecule has 2 aromatic heterocycles. The molecule has 0 bridgehead atoms. The van der Waals surface area contributed by atoms with Gasteiger partial charge in [-0.3, -0.25) is 9.69 Å². The number of amides is 1. The molecule has 4 aromatic rings. The Morgan fingerprint density at radius 3 is 2.41 bits per heavy atom. The molecule has 2 aromatic carbocycles. The van der Waals surface area contributed by atoms with E-state index in [1.54, 1.807) is 35.2 Å². The van der Waals surface area contributed by atoms with E-state index in [9.17, 15) is 18.0 Å². The Kier molecular flexibility index (Phi) is 6.09. The molecule has 1 aliphatic rings. The Labute approximate surface area is 203 Å². The molecule has 0 atom stereocenters. The van der Waals surface area contributed by atoms with Crippen molar-refractivity contribution in [3.05, 3.63) is 81.8 Å². The van der Waals surface area contributed by atoms with Crippen molar-refractivity contribution in [2.45, 2.75) is 12.7 Å². The van der Waals surface area contributed by atoms with E-state index in [0.29, 0.717) is 41.7 Å². The molecule has 1 saturated heterocycles. The summed E-state index contributed by atoms with van der Waals surface area (Å²) in [5.74, 6) is -0.253. The normalized spacial score (nSPS) is 15.2. The zero-order valence-corrected chi connectivity index (χ0v) is 19.5. The SMILES string of the molecule is O=C(c1cc2c(C(F)(F)F)nn(-c3ccccc3)c2s1)N1CCN(Cc2cccc(Cl)c2)CC1. The van der Waals surface area contributed by atoms with Crippen LogP contribution in [-0.2, 0) is 12.7 Å². The largest absolute Gasteiger partial charge is 0.435 e. The molecule has 0 unspecified atom stereocenters. The molecule has 1 amide bonds. The molecule has 5 nitrogen and oxygen atoms in total. The number of halogens is 4. The van der Waals surface area contributed by atoms with Crippen LogP contribution in [0.2, 0.25) is 5.02 Å². The van der Waals surface area contributed by atoms with Gasteiger partial charge in [0.25, 0.3) is 5.91 Å². The number of hydrogen-bond donors (Lipinski definition) is 0. The molecule has 3 heterocycles. The van der Waals surface area contributed by atoms with Crippen molar-refractivity contribution in [1.82, 2.24) is 19.6 Å². The lowest BCUT2D eigenvalue weighted by atomic mass is 10.2. The van der Waals surface area contributed by atoms with Crippen molar-refractivity contribution in [2.75, 3.05) is 26.2 Å². The Bertz CT molecular complexity index is 1330. The van der Waals surface area contributed by atoms with Crippen molar-refractivity contribution in [2.24, 2.45) is 0 Å². The van der Waals surface area contributed by atoms with Gasteiger partial charge in [-0.15, -0.1) is 11.3 Å². The zero-order chi connectivity index (χ0) is 23.9. The van der Waals surface area contributed by atoms with Crippen molar-refractivity contribution >= 4 is 39.1 Å². The van der Waals surface area contributed by atoms with E-state index >= 15 is 0 Å². The highest BCUT2D eigenvalue weighted by atomic mass is 35.5. The summed E-state index contributed by atoms with van der Waals surface area (Å²) in [4.78, 5) is 17.7. The molecule has 0 N–H and O–H groups in total. The van der Waals surface area contributed by atoms with Crippen LogP contribution in [0.1, 0.15) is 20.9 Å². The molecular weight excluding hydrogens is 485 g/mol. The number of alkyl halides is 3. The van der Waals surface area contributed by atoms with E-state index in [0.717, 1.165) is 23.4 Å². The molecule has 0 radical (unpaired) electrons. The molecular formula is C24H20ClF3N4OS. The van der Waals surface area contributed by atoms with E-state index < -0.39 is 11.9 Å². The number of thiophene rings is 1. The molecule has 1 aliphatic heterocycles. The highest BCUT2D eigenvalue weighted by Gasteiger charge is 2.38. The first-order chi connectivity index (χ1) is 16.3. The lowest BCUT2D eigenvalue weighted by molar-refractivity contribution is -0.140. The fraction of sp³-hybridized carbons (Fsp3) is 0.250. The standard InChI is InChI=1S/C24H20ClF3N4OS/c25-17-6-4-5-16(13-17)15-30-9-11-31(12-10-30)22(33)20-14-19-21(24(26,27)28)29-32(23(19)34-20)18-7-2-1-3-8-18/h1-8,13-14H,9-12,15H2. The molecule has 176 valence electrons. The minimum absolute atomic E-state index is 0.0516. The summed E-state index contributed by atoms with van der Waals surface area (Å²) in [6, 6.07) is 17.6. The molecule has 0 saturated carbocycles. The van der Waals surface area contributed by atoms with Crippen molar-refractivity contribution in [3.63, 3.8) is 0 Å². The number of carbonyl (C=O) groups is 1. The molecule has 1 fully saturated rings. The number of benzene rings is 2. The third-order valence-corrected chi connectivity index (χ3v) is 7.13. The van der Waals surface area contributed by atoms with Crippen LogP contribution in [0.15, 0.2) is 60.7 Å². The third kappa shape index (κ3) is 4.55. The van der Waals surface area contributed by atoms with Crippen molar-refractivity contribution < 1.29 is 18.0 Å². The monoisotopic (exact) mass is 504 g/mol. The lowest BCUT2D eigenvalue weighted by Gasteiger charge is -2.34. The average molecular weight is 505 g/mol. The Hall–Kier alpha value is -2.88. The van der Waals surface area contributed by atoms with Gasteiger partial charge in [-0.2, -0.15) is 18.3 Å². The van der Waals surface area contributed by atoms with Crippen molar-refractivity contribution in [1.29, 1.82) is 0 Å². The van der Waals surface area contributed by atoms with Crippen LogP contribution >= 0.6 is 22.9 Å². The first-order valence-electron chi connectivity index (χ1n) is 10.7. The second-order valence-corrected chi connectivity index (χ2v) is 9.59. The van der Waals surface area contributed by atoms with Crippen LogP contribution in [0.4, 0.5) is 13.2 Å². The summed E-state index contributed by atoms with van der Waals surface area (Å²) < 4.78 is 42.3. The average Bonchev–Trinajstić information content (AvgIpc) is 3.39. The molecule has 0 aliphatic carbocycles. The predicted molar refractivity (Wildman–Crippen MR) is 127 cm³/mol. The Morgan fingerprint density at radius 2 is 1.74 bits per heavy atom. The summed E-state index contributed by atoms with van der Waals surface area (Å²) in [5, 5.41) is 4.45. The van der Waals surface area contributed by atoms with Gasteiger partial charge in [0, 0.05) is 43.1 Å². The minimum atomic E-state index is -4.62. The van der Waals surface area contributed by atoms with Gasteiger partial charge in [0.2, 0.25) is 0 Å². The maximum atomic E-state index is 13.7. The van der Waals surface area contributed by atoms with Crippen LogP contribution in [0.3, 0.4) is 0 Å². The highest BCUT2D eigenvalue weighted by molar-refractivity contribution is 7.20. The first-order valence-corrected chi connectivity index (χ1v) is 11.9. The summed E-state index contributed by atoms with van der Waals surface area (Å²) in [6.07, 6.45) is -4.62. The maximum Gasteiger partial charge on any atom is 0.435 e. The van der Waals surface area contributed by atoms with Gasteiger partial charge in [0.1, 0.15) is 4.83 Å². The third-order valence-electron chi connectivity index (χ3n) is 5.79. The summed E-state index contributed by atoms with van der Waals surface area (Å²) in [7, 11) is 0. The quantitative estimate of drug-likeness (QED) is 0.357. The highest BCUT2D eigenvalue weighted by Crippen LogP contribution is 2.39. The van der Waals surface area contributed by atoms with Gasteiger partial charge in [-0.1, -0.05) is 41.9 Å². The number of fused-ring (bicyclic) bond motifs is 1. The number of hydrogen-bond acceptors (Lipinski definition) is 4. The van der Waals surface area contributed by atoms with Gasteiger partial charge in [-0.25, -0.2) is 4.68 Å². The second-order valence-electron chi connectivity index (χ2n) is 8.12. The first kappa shape index (κ1) is 22.9. The zero-order valence-electron chi connectivity index (χ0n) is 17.9. The van der Waals surface area contributed by atoms with E-state index in [4.69, 9.17) is 11.6 Å². The van der Waals surface area contributed by atoms with Crippen LogP contribution in [-0.4, -0.2) is 51.7 Å². The van der Waals surface area contributed by atoms with Gasteiger partial charge in [-0.05, 0) is 35.9 Å². The topological polar surface area (TPSA) is 41.4 Å². The fourth-order valence-corrected chi connectivity index (χ4v) is 5.44.